The molecule has 1 saturated heterocycles. The fourth-order valence-corrected chi connectivity index (χ4v) is 2.56. The molecule has 0 N–H and O–H groups in total. The Kier molecular flexibility index (Phi) is 2.69. The molecule has 2 atom stereocenters. The van der Waals surface area contributed by atoms with Crippen LogP contribution in [0.5, 0.6) is 0 Å². The Morgan fingerprint density at radius 3 is 2.29 bits per heavy atom. The van der Waals surface area contributed by atoms with E-state index in [1.807, 2.05) is 12.1 Å². The number of hydrogen-bond acceptors (Lipinski definition) is 1. The van der Waals surface area contributed by atoms with Crippen LogP contribution in [0.15, 0.2) is 24.3 Å². The van der Waals surface area contributed by atoms with Crippen LogP contribution in [-0.4, -0.2) is 12.1 Å². The van der Waals surface area contributed by atoms with Gasteiger partial charge in [-0.2, -0.15) is 0 Å². The van der Waals surface area contributed by atoms with Crippen LogP contribution >= 0.6 is 11.6 Å². The highest BCUT2D eigenvalue weighted by molar-refractivity contribution is 6.33. The molecule has 0 amide bonds. The summed E-state index contributed by atoms with van der Waals surface area (Å²) in [6, 6.07) is 9.35. The lowest BCUT2D eigenvalue weighted by Gasteiger charge is -2.29. The van der Waals surface area contributed by atoms with Crippen molar-refractivity contribution in [2.24, 2.45) is 0 Å². The minimum Gasteiger partial charge on any atom is -0.365 e. The molecule has 2 heteroatoms. The van der Waals surface area contributed by atoms with E-state index in [4.69, 9.17) is 11.6 Å². The second-order valence-corrected chi connectivity index (χ2v) is 4.54. The van der Waals surface area contributed by atoms with Gasteiger partial charge in [-0.1, -0.05) is 23.7 Å². The van der Waals surface area contributed by atoms with Gasteiger partial charge < -0.3 is 4.90 Å². The van der Waals surface area contributed by atoms with E-state index >= 15 is 0 Å². The summed E-state index contributed by atoms with van der Waals surface area (Å²) < 4.78 is 0. The maximum absolute atomic E-state index is 6.19. The lowest BCUT2D eigenvalue weighted by atomic mass is 10.2. The fourth-order valence-electron chi connectivity index (χ4n) is 2.33. The van der Waals surface area contributed by atoms with Gasteiger partial charge in [-0.3, -0.25) is 0 Å². The summed E-state index contributed by atoms with van der Waals surface area (Å²) in [5.74, 6) is 0. The van der Waals surface area contributed by atoms with E-state index in [9.17, 15) is 0 Å². The first kappa shape index (κ1) is 9.85. The third kappa shape index (κ3) is 1.61. The summed E-state index contributed by atoms with van der Waals surface area (Å²) in [4.78, 5) is 2.43. The first-order valence-corrected chi connectivity index (χ1v) is 5.61. The minimum absolute atomic E-state index is 0.616. The second kappa shape index (κ2) is 3.82. The molecule has 1 aromatic rings. The third-order valence-corrected chi connectivity index (χ3v) is 3.40. The number of para-hydroxylation sites is 1. The highest BCUT2D eigenvalue weighted by Crippen LogP contribution is 2.34. The van der Waals surface area contributed by atoms with Gasteiger partial charge in [-0.25, -0.2) is 0 Å². The van der Waals surface area contributed by atoms with Gasteiger partial charge in [-0.05, 0) is 38.8 Å². The van der Waals surface area contributed by atoms with E-state index in [1.165, 1.54) is 18.5 Å². The molecule has 0 saturated carbocycles. The van der Waals surface area contributed by atoms with E-state index in [0.29, 0.717) is 12.1 Å². The first-order chi connectivity index (χ1) is 6.70. The lowest BCUT2D eigenvalue weighted by molar-refractivity contribution is 0.694. The van der Waals surface area contributed by atoms with Gasteiger partial charge in [0.2, 0.25) is 0 Å². The Balaban J connectivity index is 2.34. The molecular formula is C12H16ClN. The predicted molar refractivity (Wildman–Crippen MR) is 62.1 cm³/mol. The zero-order valence-electron chi connectivity index (χ0n) is 8.70. The predicted octanol–water partition coefficient (Wildman–Crippen LogP) is 3.72. The molecule has 0 radical (unpaired) electrons. The zero-order chi connectivity index (χ0) is 10.1. The smallest absolute Gasteiger partial charge is 0.0639 e. The Labute approximate surface area is 90.7 Å². The van der Waals surface area contributed by atoms with Crippen molar-refractivity contribution in [3.8, 4) is 0 Å². The van der Waals surface area contributed by atoms with E-state index in [0.717, 1.165) is 5.02 Å². The Hall–Kier alpha value is -0.690. The van der Waals surface area contributed by atoms with Crippen molar-refractivity contribution in [2.45, 2.75) is 38.8 Å². The van der Waals surface area contributed by atoms with Crippen LogP contribution in [0.2, 0.25) is 5.02 Å². The van der Waals surface area contributed by atoms with E-state index in [-0.39, 0.29) is 0 Å². The van der Waals surface area contributed by atoms with Gasteiger partial charge in [0.05, 0.1) is 10.7 Å². The van der Waals surface area contributed by atoms with Gasteiger partial charge in [0, 0.05) is 12.1 Å². The molecule has 1 heterocycles. The van der Waals surface area contributed by atoms with Crippen LogP contribution < -0.4 is 4.90 Å². The highest BCUT2D eigenvalue weighted by atomic mass is 35.5. The SMILES string of the molecule is C[C@H]1CC[C@H](C)N1c1ccccc1Cl. The normalized spacial score (nSPS) is 26.9. The van der Waals surface area contributed by atoms with Gasteiger partial charge in [0.1, 0.15) is 0 Å². The summed E-state index contributed by atoms with van der Waals surface area (Å²) in [5, 5.41) is 0.869. The molecule has 1 aliphatic rings. The van der Waals surface area contributed by atoms with Crippen LogP contribution in [-0.2, 0) is 0 Å². The minimum atomic E-state index is 0.616. The van der Waals surface area contributed by atoms with Crippen molar-refractivity contribution in [1.82, 2.24) is 0 Å². The average molecular weight is 210 g/mol. The summed E-state index contributed by atoms with van der Waals surface area (Å²) >= 11 is 6.19. The van der Waals surface area contributed by atoms with Crippen LogP contribution in [0.4, 0.5) is 5.69 Å². The number of anilines is 1. The molecule has 0 bridgehead atoms. The van der Waals surface area contributed by atoms with Crippen molar-refractivity contribution in [3.63, 3.8) is 0 Å². The molecule has 76 valence electrons. The molecule has 1 fully saturated rings. The topological polar surface area (TPSA) is 3.24 Å². The number of nitrogens with zero attached hydrogens (tertiary/aromatic N) is 1. The van der Waals surface area contributed by atoms with E-state index in [1.54, 1.807) is 0 Å². The van der Waals surface area contributed by atoms with Crippen molar-refractivity contribution >= 4 is 17.3 Å². The first-order valence-electron chi connectivity index (χ1n) is 5.23. The standard InChI is InChI=1S/C12H16ClN/c1-9-7-8-10(2)14(9)12-6-4-3-5-11(12)13/h3-6,9-10H,7-8H2,1-2H3/t9-,10-/m0/s1. The van der Waals surface area contributed by atoms with Gasteiger partial charge >= 0.3 is 0 Å². The summed E-state index contributed by atoms with van der Waals surface area (Å²) in [6.45, 7) is 4.54. The third-order valence-electron chi connectivity index (χ3n) is 3.08. The van der Waals surface area contributed by atoms with Crippen molar-refractivity contribution in [2.75, 3.05) is 4.90 Å². The van der Waals surface area contributed by atoms with Crippen molar-refractivity contribution in [1.29, 1.82) is 0 Å². The number of rotatable bonds is 1. The zero-order valence-corrected chi connectivity index (χ0v) is 9.46. The lowest BCUT2D eigenvalue weighted by Crippen LogP contribution is -2.32. The summed E-state index contributed by atoms with van der Waals surface area (Å²) in [6.07, 6.45) is 2.54. The molecule has 1 aromatic carbocycles. The van der Waals surface area contributed by atoms with Crippen LogP contribution in [0.25, 0.3) is 0 Å². The van der Waals surface area contributed by atoms with E-state index in [2.05, 4.69) is 30.9 Å². The quantitative estimate of drug-likeness (QED) is 0.682. The Morgan fingerprint density at radius 2 is 1.71 bits per heavy atom. The fraction of sp³-hybridized carbons (Fsp3) is 0.500. The number of benzene rings is 1. The highest BCUT2D eigenvalue weighted by Gasteiger charge is 2.28. The summed E-state index contributed by atoms with van der Waals surface area (Å²) in [7, 11) is 0. The molecule has 0 aliphatic carbocycles. The van der Waals surface area contributed by atoms with Crippen LogP contribution in [0.3, 0.4) is 0 Å². The van der Waals surface area contributed by atoms with Gasteiger partial charge in [0.15, 0.2) is 0 Å². The van der Waals surface area contributed by atoms with Gasteiger partial charge in [-0.15, -0.1) is 0 Å². The molecule has 0 aromatic heterocycles. The van der Waals surface area contributed by atoms with E-state index < -0.39 is 0 Å². The number of halogens is 1. The maximum Gasteiger partial charge on any atom is 0.0639 e. The molecule has 1 nitrogen and oxygen atoms in total. The molecule has 1 aliphatic heterocycles. The Morgan fingerprint density at radius 1 is 1.14 bits per heavy atom. The monoisotopic (exact) mass is 209 g/mol. The number of hydrogen-bond donors (Lipinski definition) is 0. The largest absolute Gasteiger partial charge is 0.365 e. The van der Waals surface area contributed by atoms with Crippen LogP contribution in [0.1, 0.15) is 26.7 Å². The molecular weight excluding hydrogens is 194 g/mol. The molecule has 14 heavy (non-hydrogen) atoms. The average Bonchev–Trinajstić information content (AvgIpc) is 2.48. The van der Waals surface area contributed by atoms with Crippen molar-refractivity contribution in [3.05, 3.63) is 29.3 Å². The molecule has 2 rings (SSSR count). The Bertz CT molecular complexity index is 314. The van der Waals surface area contributed by atoms with Crippen molar-refractivity contribution < 1.29 is 0 Å². The second-order valence-electron chi connectivity index (χ2n) is 4.13. The summed E-state index contributed by atoms with van der Waals surface area (Å²) in [5.41, 5.74) is 1.19. The molecule has 0 unspecified atom stereocenters. The maximum atomic E-state index is 6.19. The van der Waals surface area contributed by atoms with Gasteiger partial charge in [0.25, 0.3) is 0 Å². The molecule has 0 spiro atoms. The van der Waals surface area contributed by atoms with Crippen LogP contribution in [0, 0.1) is 0 Å².